The van der Waals surface area contributed by atoms with Crippen molar-refractivity contribution >= 4 is 28.6 Å². The average Bonchev–Trinajstić information content (AvgIpc) is 3.24. The molecule has 2 aliphatic heterocycles. The molecule has 2 aromatic rings. The van der Waals surface area contributed by atoms with Crippen LogP contribution in [0.25, 0.3) is 0 Å². The first-order chi connectivity index (χ1) is 13.1. The van der Waals surface area contributed by atoms with E-state index in [1.54, 1.807) is 43.5 Å². The molecule has 2 amide bonds. The van der Waals surface area contributed by atoms with Crippen LogP contribution in [0.1, 0.15) is 5.56 Å². The van der Waals surface area contributed by atoms with Crippen molar-refractivity contribution in [1.29, 1.82) is 0 Å². The van der Waals surface area contributed by atoms with E-state index in [1.165, 1.54) is 12.0 Å². The van der Waals surface area contributed by atoms with E-state index in [0.717, 1.165) is 17.3 Å². The Balaban J connectivity index is 1.62. The van der Waals surface area contributed by atoms with Gasteiger partial charge in [-0.2, -0.15) is 0 Å². The number of hydrogen-bond donors (Lipinski definition) is 0. The van der Waals surface area contributed by atoms with Crippen molar-refractivity contribution in [1.82, 2.24) is 0 Å². The summed E-state index contributed by atoms with van der Waals surface area (Å²) >= 11 is 0.997. The lowest BCUT2D eigenvalue weighted by atomic mass is 10.1. The highest BCUT2D eigenvalue weighted by Gasteiger charge is 2.42. The van der Waals surface area contributed by atoms with E-state index in [-0.39, 0.29) is 17.9 Å². The van der Waals surface area contributed by atoms with Crippen LogP contribution in [0.5, 0.6) is 23.0 Å². The van der Waals surface area contributed by atoms with Gasteiger partial charge in [-0.3, -0.25) is 9.59 Å². The monoisotopic (exact) mass is 387 g/mol. The zero-order valence-electron chi connectivity index (χ0n) is 14.8. The maximum atomic E-state index is 13.0. The number of benzene rings is 2. The highest BCUT2D eigenvalue weighted by Crippen LogP contribution is 2.42. The maximum Gasteiger partial charge on any atom is 0.293 e. The average molecular weight is 387 g/mol. The summed E-state index contributed by atoms with van der Waals surface area (Å²) in [6.45, 7) is 0.152. The van der Waals surface area contributed by atoms with Crippen molar-refractivity contribution < 1.29 is 28.5 Å². The normalized spacial score (nSPS) is 18.1. The molecule has 0 bridgehead atoms. The second kappa shape index (κ2) is 7.03. The summed E-state index contributed by atoms with van der Waals surface area (Å²) in [4.78, 5) is 26.7. The first-order valence-electron chi connectivity index (χ1n) is 8.26. The molecule has 1 atom stereocenters. The molecule has 8 heteroatoms. The Morgan fingerprint density at radius 3 is 2.52 bits per heavy atom. The molecule has 1 fully saturated rings. The van der Waals surface area contributed by atoms with Gasteiger partial charge in [0.25, 0.3) is 5.24 Å². The number of rotatable bonds is 5. The number of fused-ring (bicyclic) bond motifs is 1. The van der Waals surface area contributed by atoms with Crippen LogP contribution in [0.4, 0.5) is 10.5 Å². The van der Waals surface area contributed by atoms with Crippen LogP contribution in [0.3, 0.4) is 0 Å². The van der Waals surface area contributed by atoms with Gasteiger partial charge in [-0.25, -0.2) is 4.90 Å². The first kappa shape index (κ1) is 17.5. The predicted molar refractivity (Wildman–Crippen MR) is 100 cm³/mol. The fourth-order valence-corrected chi connectivity index (χ4v) is 4.14. The van der Waals surface area contributed by atoms with Gasteiger partial charge in [-0.15, -0.1) is 0 Å². The highest BCUT2D eigenvalue weighted by molar-refractivity contribution is 8.15. The van der Waals surface area contributed by atoms with Crippen LogP contribution < -0.4 is 23.8 Å². The van der Waals surface area contributed by atoms with E-state index in [0.29, 0.717) is 35.1 Å². The number of amides is 2. The molecule has 2 aliphatic rings. The molecule has 0 N–H and O–H groups in total. The van der Waals surface area contributed by atoms with E-state index < -0.39 is 5.25 Å². The van der Waals surface area contributed by atoms with Gasteiger partial charge in [-0.05, 0) is 30.2 Å². The fraction of sp³-hybridized carbons (Fsp3) is 0.263. The second-order valence-electron chi connectivity index (χ2n) is 5.94. The minimum atomic E-state index is -0.559. The van der Waals surface area contributed by atoms with E-state index in [1.807, 2.05) is 0 Å². The number of para-hydroxylation sites is 2. The van der Waals surface area contributed by atoms with Crippen molar-refractivity contribution in [3.8, 4) is 23.0 Å². The van der Waals surface area contributed by atoms with E-state index >= 15 is 0 Å². The Morgan fingerprint density at radius 1 is 1.07 bits per heavy atom. The van der Waals surface area contributed by atoms with Crippen molar-refractivity contribution in [3.63, 3.8) is 0 Å². The summed E-state index contributed by atoms with van der Waals surface area (Å²) < 4.78 is 21.5. The third-order valence-corrected chi connectivity index (χ3v) is 5.47. The first-order valence-corrected chi connectivity index (χ1v) is 9.14. The van der Waals surface area contributed by atoms with Crippen LogP contribution in [-0.2, 0) is 11.2 Å². The molecule has 27 heavy (non-hydrogen) atoms. The molecule has 2 heterocycles. The zero-order chi connectivity index (χ0) is 19.0. The number of hydrogen-bond acceptors (Lipinski definition) is 7. The number of nitrogens with zero attached hydrogens (tertiary/aromatic N) is 1. The molecule has 4 rings (SSSR count). The standard InChI is InChI=1S/C19H17NO6S/c1-23-13-6-4-3-5-12(13)20-18(21)17(27-19(20)22)8-11-7-15-16(26-10-25-15)9-14(11)24-2/h3-7,9,17H,8,10H2,1-2H3/t17-/m0/s1. The molecule has 2 aromatic carbocycles. The van der Waals surface area contributed by atoms with Gasteiger partial charge in [-0.1, -0.05) is 23.9 Å². The van der Waals surface area contributed by atoms with Crippen LogP contribution >= 0.6 is 11.8 Å². The number of anilines is 1. The van der Waals surface area contributed by atoms with Gasteiger partial charge in [0.05, 0.1) is 25.2 Å². The van der Waals surface area contributed by atoms with Gasteiger partial charge < -0.3 is 18.9 Å². The molecular weight excluding hydrogens is 370 g/mol. The van der Waals surface area contributed by atoms with Crippen LogP contribution in [0.15, 0.2) is 36.4 Å². The number of thioether (sulfide) groups is 1. The van der Waals surface area contributed by atoms with Crippen LogP contribution in [0.2, 0.25) is 0 Å². The molecule has 0 spiro atoms. The van der Waals surface area contributed by atoms with Crippen LogP contribution in [0, 0.1) is 0 Å². The van der Waals surface area contributed by atoms with Crippen molar-refractivity contribution in [2.75, 3.05) is 25.9 Å². The number of imide groups is 1. The lowest BCUT2D eigenvalue weighted by Gasteiger charge is -2.17. The predicted octanol–water partition coefficient (Wildman–Crippen LogP) is 3.24. The Bertz CT molecular complexity index is 915. The minimum absolute atomic E-state index is 0.152. The Labute approximate surface area is 160 Å². The van der Waals surface area contributed by atoms with Gasteiger partial charge in [0.2, 0.25) is 12.7 Å². The zero-order valence-corrected chi connectivity index (χ0v) is 15.6. The number of carbonyl (C=O) groups excluding carboxylic acids is 2. The summed E-state index contributed by atoms with van der Waals surface area (Å²) in [5.41, 5.74) is 1.23. The Kier molecular flexibility index (Phi) is 4.57. The minimum Gasteiger partial charge on any atom is -0.496 e. The molecule has 0 saturated carbocycles. The summed E-state index contributed by atoms with van der Waals surface area (Å²) in [6.07, 6.45) is 0.334. The van der Waals surface area contributed by atoms with Gasteiger partial charge in [0, 0.05) is 6.07 Å². The van der Waals surface area contributed by atoms with Crippen LogP contribution in [-0.4, -0.2) is 37.4 Å². The molecule has 7 nitrogen and oxygen atoms in total. The van der Waals surface area contributed by atoms with Gasteiger partial charge >= 0.3 is 0 Å². The van der Waals surface area contributed by atoms with Crippen molar-refractivity contribution in [2.45, 2.75) is 11.7 Å². The number of methoxy groups -OCH3 is 2. The summed E-state index contributed by atoms with van der Waals surface area (Å²) in [5, 5.41) is -0.883. The van der Waals surface area contributed by atoms with Crippen molar-refractivity contribution in [3.05, 3.63) is 42.0 Å². The van der Waals surface area contributed by atoms with Crippen molar-refractivity contribution in [2.24, 2.45) is 0 Å². The lowest BCUT2D eigenvalue weighted by Crippen LogP contribution is -2.32. The van der Waals surface area contributed by atoms with E-state index in [9.17, 15) is 9.59 Å². The third kappa shape index (κ3) is 3.06. The molecule has 0 unspecified atom stereocenters. The third-order valence-electron chi connectivity index (χ3n) is 4.43. The smallest absolute Gasteiger partial charge is 0.293 e. The highest BCUT2D eigenvalue weighted by atomic mass is 32.2. The van der Waals surface area contributed by atoms with E-state index in [4.69, 9.17) is 18.9 Å². The van der Waals surface area contributed by atoms with E-state index in [2.05, 4.69) is 0 Å². The Hall–Kier alpha value is -2.87. The number of ether oxygens (including phenoxy) is 4. The fourth-order valence-electron chi connectivity index (χ4n) is 3.13. The molecule has 1 saturated heterocycles. The second-order valence-corrected chi connectivity index (χ2v) is 7.09. The number of carbonyl (C=O) groups is 2. The summed E-state index contributed by atoms with van der Waals surface area (Å²) in [6, 6.07) is 10.5. The molecular formula is C19H17NO6S. The maximum absolute atomic E-state index is 13.0. The topological polar surface area (TPSA) is 74.3 Å². The largest absolute Gasteiger partial charge is 0.496 e. The molecule has 0 aliphatic carbocycles. The Morgan fingerprint density at radius 2 is 1.78 bits per heavy atom. The SMILES string of the molecule is COc1cc2c(cc1C[C@@H]1SC(=O)N(c3ccccc3OC)C1=O)OCO2. The molecule has 140 valence electrons. The van der Waals surface area contributed by atoms with Gasteiger partial charge in [0.15, 0.2) is 11.5 Å². The summed E-state index contributed by atoms with van der Waals surface area (Å²) in [7, 11) is 3.06. The molecule has 0 radical (unpaired) electrons. The summed E-state index contributed by atoms with van der Waals surface area (Å²) in [5.74, 6) is 1.99. The quantitative estimate of drug-likeness (QED) is 0.780. The molecule has 0 aromatic heterocycles. The lowest BCUT2D eigenvalue weighted by molar-refractivity contribution is -0.117. The van der Waals surface area contributed by atoms with Gasteiger partial charge in [0.1, 0.15) is 11.5 Å².